The van der Waals surface area contributed by atoms with Gasteiger partial charge < -0.3 is 20.1 Å². The maximum atomic E-state index is 10.0. The normalized spacial score (nSPS) is 18.2. The van der Waals surface area contributed by atoms with E-state index >= 15 is 0 Å². The van der Waals surface area contributed by atoms with Crippen LogP contribution in [0.15, 0.2) is 4.60 Å². The lowest BCUT2D eigenvalue weighted by molar-refractivity contribution is 0.0600. The van der Waals surface area contributed by atoms with Gasteiger partial charge in [0.05, 0.1) is 6.61 Å². The van der Waals surface area contributed by atoms with Crippen molar-refractivity contribution < 1.29 is 14.3 Å². The van der Waals surface area contributed by atoms with Crippen molar-refractivity contribution in [3.63, 3.8) is 0 Å². The summed E-state index contributed by atoms with van der Waals surface area (Å²) in [5.74, 6) is 0.725. The van der Waals surface area contributed by atoms with Crippen LogP contribution in [-0.4, -0.2) is 48.0 Å². The van der Waals surface area contributed by atoms with E-state index in [0.717, 1.165) is 51.4 Å². The fourth-order valence-electron chi connectivity index (χ4n) is 3.20. The molecule has 2 N–H and O–H groups in total. The Morgan fingerprint density at radius 3 is 2.43 bits per heavy atom. The Hall–Kier alpha value is -1.63. The summed E-state index contributed by atoms with van der Waals surface area (Å²) in [6.07, 6.45) is 2.62. The van der Waals surface area contributed by atoms with Gasteiger partial charge in [-0.2, -0.15) is 5.26 Å². The summed E-state index contributed by atoms with van der Waals surface area (Å²) >= 11 is 9.36. The third kappa shape index (κ3) is 6.19. The molecule has 3 heterocycles. The molecule has 1 amide bonds. The van der Waals surface area contributed by atoms with E-state index in [-0.39, 0.29) is 10.8 Å². The van der Waals surface area contributed by atoms with E-state index in [1.165, 1.54) is 0 Å². The van der Waals surface area contributed by atoms with Crippen molar-refractivity contribution in [1.82, 2.24) is 9.97 Å². The molecule has 0 saturated carbocycles. The molecule has 1 aromatic heterocycles. The minimum atomic E-state index is -0.725. The molecule has 1 spiro atoms. The largest absolute Gasteiger partial charge is 0.444 e. The van der Waals surface area contributed by atoms with Crippen molar-refractivity contribution in [3.8, 4) is 6.07 Å². The molecule has 0 aliphatic carbocycles. The molecule has 10 heteroatoms. The second kappa shape index (κ2) is 9.25. The number of carbonyl (C=O) groups excluding carboxylic acids is 1. The van der Waals surface area contributed by atoms with E-state index < -0.39 is 11.7 Å². The third-order valence-corrected chi connectivity index (χ3v) is 5.41. The SMILES string of the molecule is CC(C)(C)OC(N)=O.N#Cc1nc(Br)c(N2CCC3(CCOC3)CC2)nc1Cl. The summed E-state index contributed by atoms with van der Waals surface area (Å²) in [6, 6.07) is 1.94. The molecule has 1 aromatic rings. The van der Waals surface area contributed by atoms with Crippen LogP contribution in [-0.2, 0) is 9.47 Å². The van der Waals surface area contributed by atoms with Gasteiger partial charge in [-0.15, -0.1) is 0 Å². The summed E-state index contributed by atoms with van der Waals surface area (Å²) in [7, 11) is 0. The molecule has 28 heavy (non-hydrogen) atoms. The van der Waals surface area contributed by atoms with Crippen LogP contribution in [0.3, 0.4) is 0 Å². The zero-order valence-electron chi connectivity index (χ0n) is 16.3. The van der Waals surface area contributed by atoms with Crippen LogP contribution in [0.1, 0.15) is 45.7 Å². The van der Waals surface area contributed by atoms with Gasteiger partial charge in [0.25, 0.3) is 0 Å². The monoisotopic (exact) mass is 473 g/mol. The summed E-state index contributed by atoms with van der Waals surface area (Å²) in [6.45, 7) is 8.87. The average molecular weight is 475 g/mol. The number of hydrogen-bond acceptors (Lipinski definition) is 7. The second-order valence-corrected chi connectivity index (χ2v) is 9.02. The molecule has 0 atom stereocenters. The van der Waals surface area contributed by atoms with Crippen LogP contribution in [0, 0.1) is 16.7 Å². The molecule has 0 unspecified atom stereocenters. The van der Waals surface area contributed by atoms with Gasteiger partial charge in [-0.05, 0) is 61.4 Å². The Bertz CT molecular complexity index is 747. The number of carbonyl (C=O) groups is 1. The van der Waals surface area contributed by atoms with Gasteiger partial charge in [0.15, 0.2) is 16.7 Å². The standard InChI is InChI=1S/C13H14BrClN4O.C5H11NO2/c14-10-12(18-11(15)9(7-16)17-10)19-4-1-13(2-5-19)3-6-20-8-13;1-5(2,3)8-4(6)7/h1-6,8H2;1-3H3,(H2,6,7). The molecule has 8 nitrogen and oxygen atoms in total. The predicted molar refractivity (Wildman–Crippen MR) is 109 cm³/mol. The number of halogens is 2. The zero-order chi connectivity index (χ0) is 20.9. The topological polar surface area (TPSA) is 114 Å². The minimum absolute atomic E-state index is 0.153. The van der Waals surface area contributed by atoms with Crippen LogP contribution in [0.5, 0.6) is 0 Å². The second-order valence-electron chi connectivity index (χ2n) is 7.91. The number of aromatic nitrogens is 2. The number of nitriles is 1. The highest BCUT2D eigenvalue weighted by Gasteiger charge is 2.38. The Morgan fingerprint density at radius 2 is 2.00 bits per heavy atom. The van der Waals surface area contributed by atoms with Crippen molar-refractivity contribution >= 4 is 39.4 Å². The summed E-state index contributed by atoms with van der Waals surface area (Å²) < 4.78 is 10.7. The molecule has 2 aliphatic heterocycles. The molecular weight excluding hydrogens is 450 g/mol. The van der Waals surface area contributed by atoms with Gasteiger partial charge in [-0.25, -0.2) is 14.8 Å². The Balaban J connectivity index is 0.000000300. The smallest absolute Gasteiger partial charge is 0.405 e. The molecule has 0 aromatic carbocycles. The van der Waals surface area contributed by atoms with Crippen molar-refractivity contribution in [2.75, 3.05) is 31.2 Å². The van der Waals surface area contributed by atoms with Crippen molar-refractivity contribution in [1.29, 1.82) is 5.26 Å². The minimum Gasteiger partial charge on any atom is -0.444 e. The first-order valence-corrected chi connectivity index (χ1v) is 10.2. The van der Waals surface area contributed by atoms with E-state index in [1.807, 2.05) is 6.07 Å². The Morgan fingerprint density at radius 1 is 1.36 bits per heavy atom. The summed E-state index contributed by atoms with van der Waals surface area (Å²) in [5.41, 5.74) is 4.77. The number of nitrogens with two attached hydrogens (primary N) is 1. The number of piperidine rings is 1. The summed E-state index contributed by atoms with van der Waals surface area (Å²) in [5, 5.41) is 9.06. The van der Waals surface area contributed by atoms with E-state index in [1.54, 1.807) is 20.8 Å². The number of primary amides is 1. The lowest BCUT2D eigenvalue weighted by atomic mass is 9.78. The molecule has 2 aliphatic rings. The average Bonchev–Trinajstić information content (AvgIpc) is 3.04. The summed E-state index contributed by atoms with van der Waals surface area (Å²) in [4.78, 5) is 20.6. The molecule has 2 saturated heterocycles. The number of hydrogen-bond donors (Lipinski definition) is 1. The fourth-order valence-corrected chi connectivity index (χ4v) is 3.88. The first-order valence-electron chi connectivity index (χ1n) is 8.99. The van der Waals surface area contributed by atoms with E-state index in [2.05, 4.69) is 35.5 Å². The van der Waals surface area contributed by atoms with Gasteiger partial charge in [0.2, 0.25) is 0 Å². The maximum Gasteiger partial charge on any atom is 0.405 e. The maximum absolute atomic E-state index is 10.0. The third-order valence-electron chi connectivity index (χ3n) is 4.62. The quantitative estimate of drug-likeness (QED) is 0.660. The highest BCUT2D eigenvalue weighted by molar-refractivity contribution is 9.10. The van der Waals surface area contributed by atoms with Gasteiger partial charge in [0.1, 0.15) is 16.3 Å². The number of ether oxygens (including phenoxy) is 2. The van der Waals surface area contributed by atoms with Crippen LogP contribution in [0.4, 0.5) is 10.6 Å². The predicted octanol–water partition coefficient (Wildman–Crippen LogP) is 3.65. The molecule has 0 bridgehead atoms. The number of nitrogens with zero attached hydrogens (tertiary/aromatic N) is 4. The zero-order valence-corrected chi connectivity index (χ0v) is 18.6. The highest BCUT2D eigenvalue weighted by atomic mass is 79.9. The molecule has 0 radical (unpaired) electrons. The lowest BCUT2D eigenvalue weighted by Crippen LogP contribution is -2.41. The van der Waals surface area contributed by atoms with E-state index in [4.69, 9.17) is 27.3 Å². The van der Waals surface area contributed by atoms with E-state index in [9.17, 15) is 4.79 Å². The Labute approximate surface area is 178 Å². The van der Waals surface area contributed by atoms with Gasteiger partial charge in [-0.3, -0.25) is 0 Å². The van der Waals surface area contributed by atoms with Crippen LogP contribution in [0.25, 0.3) is 0 Å². The lowest BCUT2D eigenvalue weighted by Gasteiger charge is -2.39. The molecule has 154 valence electrons. The molecule has 2 fully saturated rings. The van der Waals surface area contributed by atoms with E-state index in [0.29, 0.717) is 10.0 Å². The molecular formula is C18H25BrClN5O3. The number of amides is 1. The Kier molecular flexibility index (Phi) is 7.48. The fraction of sp³-hybridized carbons (Fsp3) is 0.667. The van der Waals surface area contributed by atoms with Gasteiger partial charge in [-0.1, -0.05) is 11.6 Å². The van der Waals surface area contributed by atoms with Gasteiger partial charge in [0, 0.05) is 19.7 Å². The van der Waals surface area contributed by atoms with Crippen LogP contribution in [0.2, 0.25) is 5.15 Å². The first-order chi connectivity index (χ1) is 13.1. The number of rotatable bonds is 1. The van der Waals surface area contributed by atoms with Crippen LogP contribution < -0.4 is 10.6 Å². The molecule has 3 rings (SSSR count). The van der Waals surface area contributed by atoms with Crippen molar-refractivity contribution in [2.24, 2.45) is 11.1 Å². The van der Waals surface area contributed by atoms with Crippen LogP contribution >= 0.6 is 27.5 Å². The highest BCUT2D eigenvalue weighted by Crippen LogP contribution is 2.40. The number of anilines is 1. The van der Waals surface area contributed by atoms with Gasteiger partial charge >= 0.3 is 6.09 Å². The van der Waals surface area contributed by atoms with Crippen molar-refractivity contribution in [3.05, 3.63) is 15.5 Å². The van der Waals surface area contributed by atoms with Crippen molar-refractivity contribution in [2.45, 2.75) is 45.6 Å². The first kappa shape index (κ1) is 22.7.